The largest absolute Gasteiger partial charge is 0.394 e. The first-order valence-electron chi connectivity index (χ1n) is 27.8. The Bertz CT molecular complexity index is 1320. The maximum absolute atomic E-state index is 13.1. The monoisotopic (exact) mass is 1030 g/mol. The van der Waals surface area contributed by atoms with Gasteiger partial charge in [0, 0.05) is 6.42 Å². The zero-order valence-electron chi connectivity index (χ0n) is 43.2. The predicted octanol–water partition coefficient (Wildman–Crippen LogP) is 3.26. The highest BCUT2D eigenvalue weighted by Gasteiger charge is 2.53. The average molecular weight is 1030 g/mol. The van der Waals surface area contributed by atoms with Gasteiger partial charge >= 0.3 is 0 Å². The van der Waals surface area contributed by atoms with Crippen molar-refractivity contribution in [2.45, 2.75) is 298 Å². The molecule has 19 heteroatoms. The number of unbranched alkanes of at least 4 members (excludes halogenated alkanes) is 24. The van der Waals surface area contributed by atoms with E-state index in [0.717, 1.165) is 32.1 Å². The summed E-state index contributed by atoms with van der Waals surface area (Å²) in [5.74, 6) is -0.251. The van der Waals surface area contributed by atoms with Crippen LogP contribution in [0.1, 0.15) is 194 Å². The van der Waals surface area contributed by atoms with Gasteiger partial charge in [0.2, 0.25) is 5.91 Å². The van der Waals surface area contributed by atoms with Gasteiger partial charge in [-0.05, 0) is 12.8 Å². The average Bonchev–Trinajstić information content (AvgIpc) is 3.36. The van der Waals surface area contributed by atoms with Crippen LogP contribution in [0.2, 0.25) is 0 Å². The van der Waals surface area contributed by atoms with Crippen LogP contribution in [-0.2, 0) is 33.2 Å². The fraction of sp³-hybridized carbons (Fsp3) is 0.981. The van der Waals surface area contributed by atoms with E-state index in [1.807, 2.05) is 6.92 Å². The molecule has 0 aromatic rings. The molecule has 17 atom stereocenters. The number of aliphatic hydroxyl groups excluding tert-OH is 11. The Morgan fingerprint density at radius 3 is 1.23 bits per heavy atom. The summed E-state index contributed by atoms with van der Waals surface area (Å²) in [4.78, 5) is 13.1. The van der Waals surface area contributed by atoms with Gasteiger partial charge in [0.05, 0.1) is 38.6 Å². The van der Waals surface area contributed by atoms with Gasteiger partial charge in [-0.15, -0.1) is 0 Å². The van der Waals surface area contributed by atoms with E-state index < -0.39 is 124 Å². The highest BCUT2D eigenvalue weighted by molar-refractivity contribution is 5.76. The number of hydrogen-bond acceptors (Lipinski definition) is 18. The molecule has 3 fully saturated rings. The molecule has 420 valence electrons. The fourth-order valence-corrected chi connectivity index (χ4v) is 9.78. The molecule has 0 aromatic carbocycles. The highest BCUT2D eigenvalue weighted by atomic mass is 16.8. The van der Waals surface area contributed by atoms with Crippen molar-refractivity contribution in [3.63, 3.8) is 0 Å². The van der Waals surface area contributed by atoms with Gasteiger partial charge in [-0.2, -0.15) is 0 Å². The molecule has 19 nitrogen and oxygen atoms in total. The van der Waals surface area contributed by atoms with Gasteiger partial charge in [0.1, 0.15) is 73.2 Å². The molecule has 0 radical (unpaired) electrons. The van der Waals surface area contributed by atoms with Crippen molar-refractivity contribution in [2.24, 2.45) is 0 Å². The third kappa shape index (κ3) is 22.9. The normalized spacial score (nSPS) is 32.2. The summed E-state index contributed by atoms with van der Waals surface area (Å²) in [5, 5.41) is 119. The number of carbonyl (C=O) groups is 1. The molecule has 12 N–H and O–H groups in total. The number of ether oxygens (including phenoxy) is 6. The van der Waals surface area contributed by atoms with Crippen molar-refractivity contribution in [1.29, 1.82) is 0 Å². The SMILES string of the molecule is CCCCCCCCCCCCCCCCCCCCCCCCCC(=O)NC(COC1OC(CO)C(OC2OC(CO)C(OC3OC(CO)C(O)C(O)C3O)C(O)C2O)C(O)C1O)C(O)CCCCC. The number of hydrogen-bond donors (Lipinski definition) is 12. The zero-order valence-corrected chi connectivity index (χ0v) is 43.2. The number of aliphatic hydroxyl groups is 11. The van der Waals surface area contributed by atoms with Crippen LogP contribution in [0.3, 0.4) is 0 Å². The van der Waals surface area contributed by atoms with E-state index in [1.54, 1.807) is 0 Å². The van der Waals surface area contributed by atoms with Gasteiger partial charge in [0.25, 0.3) is 0 Å². The molecule has 3 saturated heterocycles. The Hall–Kier alpha value is -1.21. The minimum absolute atomic E-state index is 0.251. The Labute approximate surface area is 423 Å². The van der Waals surface area contributed by atoms with E-state index in [4.69, 9.17) is 28.4 Å². The van der Waals surface area contributed by atoms with Crippen LogP contribution in [0.15, 0.2) is 0 Å². The van der Waals surface area contributed by atoms with Crippen molar-refractivity contribution < 1.29 is 89.4 Å². The molecule has 3 rings (SSSR count). The minimum atomic E-state index is -1.97. The van der Waals surface area contributed by atoms with Gasteiger partial charge in [-0.3, -0.25) is 4.79 Å². The molecule has 3 heterocycles. The summed E-state index contributed by atoms with van der Waals surface area (Å²) in [7, 11) is 0. The Morgan fingerprint density at radius 2 is 0.803 bits per heavy atom. The molecular weight excluding hydrogens is 927 g/mol. The first-order valence-corrected chi connectivity index (χ1v) is 27.8. The van der Waals surface area contributed by atoms with Gasteiger partial charge < -0.3 is 89.9 Å². The molecule has 1 amide bonds. The second-order valence-corrected chi connectivity index (χ2v) is 20.4. The van der Waals surface area contributed by atoms with Crippen molar-refractivity contribution in [1.82, 2.24) is 5.32 Å². The molecule has 0 spiro atoms. The van der Waals surface area contributed by atoms with Crippen LogP contribution in [0.25, 0.3) is 0 Å². The van der Waals surface area contributed by atoms with Crippen LogP contribution in [0, 0.1) is 0 Å². The summed E-state index contributed by atoms with van der Waals surface area (Å²) in [6.07, 6.45) is 6.23. The van der Waals surface area contributed by atoms with E-state index in [9.17, 15) is 61.0 Å². The molecule has 0 aromatic heterocycles. The molecule has 0 aliphatic carbocycles. The van der Waals surface area contributed by atoms with Gasteiger partial charge in [-0.25, -0.2) is 0 Å². The number of carbonyl (C=O) groups excluding carboxylic acids is 1. The van der Waals surface area contributed by atoms with Gasteiger partial charge in [-0.1, -0.05) is 174 Å². The van der Waals surface area contributed by atoms with Crippen molar-refractivity contribution in [3.05, 3.63) is 0 Å². The lowest BCUT2D eigenvalue weighted by Crippen LogP contribution is -2.66. The second kappa shape index (κ2) is 37.5. The predicted molar refractivity (Wildman–Crippen MR) is 264 cm³/mol. The summed E-state index contributed by atoms with van der Waals surface area (Å²) in [6.45, 7) is 1.60. The van der Waals surface area contributed by atoms with Crippen LogP contribution in [0.5, 0.6) is 0 Å². The molecular formula is C52H99NO18. The minimum Gasteiger partial charge on any atom is -0.394 e. The van der Waals surface area contributed by atoms with Crippen molar-refractivity contribution >= 4 is 5.91 Å². The molecule has 3 aliphatic heterocycles. The maximum atomic E-state index is 13.1. The summed E-state index contributed by atoms with van der Waals surface area (Å²) >= 11 is 0. The van der Waals surface area contributed by atoms with E-state index in [1.165, 1.54) is 122 Å². The summed E-state index contributed by atoms with van der Waals surface area (Å²) in [6, 6.07) is -0.876. The Morgan fingerprint density at radius 1 is 0.451 bits per heavy atom. The second-order valence-electron chi connectivity index (χ2n) is 20.4. The first-order chi connectivity index (χ1) is 34.3. The Kier molecular flexibility index (Phi) is 33.9. The fourth-order valence-electron chi connectivity index (χ4n) is 9.78. The highest BCUT2D eigenvalue weighted by Crippen LogP contribution is 2.33. The van der Waals surface area contributed by atoms with Crippen LogP contribution in [-0.4, -0.2) is 193 Å². The van der Waals surface area contributed by atoms with Gasteiger partial charge in [0.15, 0.2) is 18.9 Å². The lowest BCUT2D eigenvalue weighted by molar-refractivity contribution is -0.379. The Balaban J connectivity index is 1.36. The third-order valence-electron chi connectivity index (χ3n) is 14.4. The molecule has 0 saturated carbocycles. The van der Waals surface area contributed by atoms with E-state index in [-0.39, 0.29) is 18.9 Å². The standard InChI is InChI=1S/C52H99NO18/c1-3-5-7-8-9-10-11-12-13-14-15-16-17-18-19-20-21-22-23-24-25-26-28-30-40(58)53-35(36(57)29-27-6-4-2)34-66-50-46(64)43(61)48(38(32-55)68-50)71-52-47(65)44(62)49(39(33-56)69-52)70-51-45(63)42(60)41(59)37(31-54)67-51/h35-39,41-52,54-57,59-65H,3-34H2,1-2H3,(H,53,58). The topological polar surface area (TPSA) is 307 Å². The lowest BCUT2D eigenvalue weighted by atomic mass is 9.96. The lowest BCUT2D eigenvalue weighted by Gasteiger charge is -2.48. The quantitative estimate of drug-likeness (QED) is 0.0392. The summed E-state index contributed by atoms with van der Waals surface area (Å²) in [5.41, 5.74) is 0. The maximum Gasteiger partial charge on any atom is 0.220 e. The van der Waals surface area contributed by atoms with Crippen LogP contribution in [0.4, 0.5) is 0 Å². The third-order valence-corrected chi connectivity index (χ3v) is 14.4. The number of nitrogens with one attached hydrogen (secondary N) is 1. The molecule has 3 aliphatic rings. The molecule has 71 heavy (non-hydrogen) atoms. The van der Waals surface area contributed by atoms with Crippen LogP contribution < -0.4 is 5.32 Å². The smallest absolute Gasteiger partial charge is 0.220 e. The van der Waals surface area contributed by atoms with E-state index in [0.29, 0.717) is 19.3 Å². The molecule has 17 unspecified atom stereocenters. The van der Waals surface area contributed by atoms with E-state index >= 15 is 0 Å². The number of amides is 1. The zero-order chi connectivity index (χ0) is 52.0. The first kappa shape index (κ1) is 64.1. The summed E-state index contributed by atoms with van der Waals surface area (Å²) < 4.78 is 34.0. The molecule has 0 bridgehead atoms. The van der Waals surface area contributed by atoms with Crippen molar-refractivity contribution in [2.75, 3.05) is 26.4 Å². The van der Waals surface area contributed by atoms with E-state index in [2.05, 4.69) is 12.2 Å². The van der Waals surface area contributed by atoms with Crippen molar-refractivity contribution in [3.8, 4) is 0 Å². The number of rotatable bonds is 40. The van der Waals surface area contributed by atoms with Crippen LogP contribution >= 0.6 is 0 Å².